The maximum absolute atomic E-state index is 12.8. The second-order valence-electron chi connectivity index (χ2n) is 6.30. The zero-order valence-electron chi connectivity index (χ0n) is 16.4. The first kappa shape index (κ1) is 20.8. The molecular weight excluding hydrogens is 430 g/mol. The van der Waals surface area contributed by atoms with Gasteiger partial charge in [-0.2, -0.15) is 10.2 Å². The summed E-state index contributed by atoms with van der Waals surface area (Å²) in [6.45, 7) is 0. The molecule has 158 valence electrons. The largest absolute Gasteiger partial charge is 0.293 e. The van der Waals surface area contributed by atoms with Crippen LogP contribution in [0.4, 0.5) is 11.5 Å². The number of amides is 1. The standard InChI is InChI=1S/C21H15N7O3S/c29-21(27-24-12-14-6-1-4-9-17(14)28(30)31)19(18-10-5-11-32-18)25-26-20-15-7-2-3-8-16(15)22-13-23-20/h1-13H,(H,27,29)(H,22,23,26)/b24-12-,25-19-. The van der Waals surface area contributed by atoms with Crippen molar-refractivity contribution in [2.45, 2.75) is 0 Å². The highest BCUT2D eigenvalue weighted by molar-refractivity contribution is 7.13. The molecule has 11 heteroatoms. The lowest BCUT2D eigenvalue weighted by Gasteiger charge is -2.06. The molecule has 2 N–H and O–H groups in total. The van der Waals surface area contributed by atoms with Crippen molar-refractivity contribution in [3.8, 4) is 0 Å². The van der Waals surface area contributed by atoms with Crippen LogP contribution in [0.1, 0.15) is 10.4 Å². The summed E-state index contributed by atoms with van der Waals surface area (Å²) in [6.07, 6.45) is 2.62. The van der Waals surface area contributed by atoms with E-state index < -0.39 is 10.8 Å². The Morgan fingerprint density at radius 1 is 1.06 bits per heavy atom. The van der Waals surface area contributed by atoms with E-state index in [-0.39, 0.29) is 17.0 Å². The van der Waals surface area contributed by atoms with E-state index in [0.29, 0.717) is 10.7 Å². The summed E-state index contributed by atoms with van der Waals surface area (Å²) in [5.41, 5.74) is 6.17. The normalized spacial score (nSPS) is 11.6. The van der Waals surface area contributed by atoms with E-state index in [1.807, 2.05) is 29.6 Å². The molecule has 10 nitrogen and oxygen atoms in total. The molecule has 0 spiro atoms. The smallest absolute Gasteiger partial charge is 0.265 e. The van der Waals surface area contributed by atoms with Crippen LogP contribution in [-0.4, -0.2) is 32.7 Å². The molecule has 0 radical (unpaired) electrons. The summed E-state index contributed by atoms with van der Waals surface area (Å²) >= 11 is 1.33. The Kier molecular flexibility index (Phi) is 6.18. The minimum Gasteiger partial charge on any atom is -0.265 e. The number of nitro benzene ring substituents is 1. The zero-order chi connectivity index (χ0) is 22.3. The summed E-state index contributed by atoms with van der Waals surface area (Å²) in [5.74, 6) is -0.144. The summed E-state index contributed by atoms with van der Waals surface area (Å²) < 4.78 is 0. The monoisotopic (exact) mass is 445 g/mol. The van der Waals surface area contributed by atoms with Crippen LogP contribution in [0.25, 0.3) is 10.9 Å². The Morgan fingerprint density at radius 2 is 1.88 bits per heavy atom. The van der Waals surface area contributed by atoms with Gasteiger partial charge in [-0.3, -0.25) is 20.3 Å². The first-order valence-electron chi connectivity index (χ1n) is 9.27. The lowest BCUT2D eigenvalue weighted by Crippen LogP contribution is -2.28. The Balaban J connectivity index is 1.57. The molecule has 0 aliphatic rings. The molecule has 0 atom stereocenters. The number of aromatic nitrogens is 2. The van der Waals surface area contributed by atoms with Crippen molar-refractivity contribution in [2.24, 2.45) is 10.2 Å². The SMILES string of the molecule is O=C(N/N=C\c1ccccc1[N+](=O)[O-])/C(=N\Nc1ncnc2ccccc12)c1cccs1. The second kappa shape index (κ2) is 9.53. The average molecular weight is 445 g/mol. The maximum atomic E-state index is 12.8. The van der Waals surface area contributed by atoms with Crippen LogP contribution in [0.5, 0.6) is 0 Å². The van der Waals surface area contributed by atoms with Gasteiger partial charge < -0.3 is 0 Å². The number of nitro groups is 1. The first-order valence-corrected chi connectivity index (χ1v) is 10.2. The van der Waals surface area contributed by atoms with Gasteiger partial charge in [-0.25, -0.2) is 15.4 Å². The fourth-order valence-corrected chi connectivity index (χ4v) is 3.52. The predicted octanol–water partition coefficient (Wildman–Crippen LogP) is 3.57. The lowest BCUT2D eigenvalue weighted by atomic mass is 10.2. The molecular formula is C21H15N7O3S. The third-order valence-corrected chi connectivity index (χ3v) is 5.17. The zero-order valence-corrected chi connectivity index (χ0v) is 17.2. The summed E-state index contributed by atoms with van der Waals surface area (Å²) in [6, 6.07) is 17.0. The summed E-state index contributed by atoms with van der Waals surface area (Å²) in [5, 5.41) is 21.8. The van der Waals surface area contributed by atoms with Crippen molar-refractivity contribution in [3.05, 3.63) is 92.9 Å². The number of hydrogen-bond donors (Lipinski definition) is 2. The number of carbonyl (C=O) groups is 1. The first-order chi connectivity index (χ1) is 15.6. The topological polar surface area (TPSA) is 135 Å². The highest BCUT2D eigenvalue weighted by Gasteiger charge is 2.16. The molecule has 32 heavy (non-hydrogen) atoms. The third-order valence-electron chi connectivity index (χ3n) is 4.29. The van der Waals surface area contributed by atoms with Crippen LogP contribution in [-0.2, 0) is 4.79 Å². The van der Waals surface area contributed by atoms with Crippen molar-refractivity contribution in [2.75, 3.05) is 5.43 Å². The highest BCUT2D eigenvalue weighted by atomic mass is 32.1. The van der Waals surface area contributed by atoms with Crippen LogP contribution in [0, 0.1) is 10.1 Å². The highest BCUT2D eigenvalue weighted by Crippen LogP contribution is 2.19. The van der Waals surface area contributed by atoms with E-state index in [0.717, 1.165) is 10.9 Å². The number of para-hydroxylation sites is 2. The molecule has 2 aromatic carbocycles. The number of hydrazone groups is 2. The van der Waals surface area contributed by atoms with E-state index >= 15 is 0 Å². The Morgan fingerprint density at radius 3 is 2.69 bits per heavy atom. The van der Waals surface area contributed by atoms with Gasteiger partial charge in [0.1, 0.15) is 6.33 Å². The fourth-order valence-electron chi connectivity index (χ4n) is 2.81. The van der Waals surface area contributed by atoms with Gasteiger partial charge in [-0.1, -0.05) is 30.3 Å². The molecule has 2 heterocycles. The van der Waals surface area contributed by atoms with Gasteiger partial charge in [0.2, 0.25) is 0 Å². The van der Waals surface area contributed by atoms with Gasteiger partial charge >= 0.3 is 0 Å². The molecule has 1 amide bonds. The molecule has 0 unspecified atom stereocenters. The molecule has 0 aliphatic carbocycles. The van der Waals surface area contributed by atoms with Crippen molar-refractivity contribution >= 4 is 51.6 Å². The summed E-state index contributed by atoms with van der Waals surface area (Å²) in [7, 11) is 0. The minimum atomic E-state index is -0.590. The van der Waals surface area contributed by atoms with Gasteiger partial charge in [0, 0.05) is 11.5 Å². The fraction of sp³-hybridized carbons (Fsp3) is 0. The molecule has 0 saturated carbocycles. The van der Waals surface area contributed by atoms with Crippen molar-refractivity contribution in [1.82, 2.24) is 15.4 Å². The van der Waals surface area contributed by atoms with Crippen LogP contribution in [0.3, 0.4) is 0 Å². The summed E-state index contributed by atoms with van der Waals surface area (Å²) in [4.78, 5) is 32.4. The average Bonchev–Trinajstić information content (AvgIpc) is 3.34. The quantitative estimate of drug-likeness (QED) is 0.254. The number of anilines is 1. The molecule has 2 aromatic heterocycles. The third kappa shape index (κ3) is 4.63. The molecule has 0 saturated heterocycles. The minimum absolute atomic E-state index is 0.0856. The van der Waals surface area contributed by atoms with Gasteiger partial charge in [0.15, 0.2) is 11.5 Å². The van der Waals surface area contributed by atoms with Gasteiger partial charge in [-0.15, -0.1) is 11.3 Å². The number of carbonyl (C=O) groups excluding carboxylic acids is 1. The van der Waals surface area contributed by atoms with E-state index in [4.69, 9.17) is 0 Å². The number of nitrogens with zero attached hydrogens (tertiary/aromatic N) is 5. The number of hydrogen-bond acceptors (Lipinski definition) is 9. The molecule has 4 aromatic rings. The Hall–Kier alpha value is -4.51. The Labute approximate surface area is 185 Å². The van der Waals surface area contributed by atoms with E-state index in [1.54, 1.807) is 24.3 Å². The number of thiophene rings is 1. The van der Waals surface area contributed by atoms with Crippen LogP contribution < -0.4 is 10.9 Å². The van der Waals surface area contributed by atoms with Gasteiger partial charge in [0.05, 0.1) is 27.1 Å². The molecule has 0 aliphatic heterocycles. The van der Waals surface area contributed by atoms with Crippen LogP contribution in [0.15, 0.2) is 82.6 Å². The second-order valence-corrected chi connectivity index (χ2v) is 7.25. The Bertz CT molecular complexity index is 1330. The van der Waals surface area contributed by atoms with Gasteiger partial charge in [-0.05, 0) is 29.6 Å². The van der Waals surface area contributed by atoms with E-state index in [2.05, 4.69) is 31.0 Å². The van der Waals surface area contributed by atoms with Crippen molar-refractivity contribution < 1.29 is 9.72 Å². The van der Waals surface area contributed by atoms with Crippen molar-refractivity contribution in [3.63, 3.8) is 0 Å². The van der Waals surface area contributed by atoms with E-state index in [9.17, 15) is 14.9 Å². The van der Waals surface area contributed by atoms with Crippen LogP contribution >= 0.6 is 11.3 Å². The molecule has 0 fully saturated rings. The van der Waals surface area contributed by atoms with Crippen LogP contribution in [0.2, 0.25) is 0 Å². The predicted molar refractivity (Wildman–Crippen MR) is 123 cm³/mol. The maximum Gasteiger partial charge on any atom is 0.293 e. The van der Waals surface area contributed by atoms with Crippen molar-refractivity contribution in [1.29, 1.82) is 0 Å². The number of rotatable bonds is 7. The number of nitrogens with one attached hydrogen (secondary N) is 2. The lowest BCUT2D eigenvalue weighted by molar-refractivity contribution is -0.385. The molecule has 0 bridgehead atoms. The van der Waals surface area contributed by atoms with Gasteiger partial charge in [0.25, 0.3) is 11.6 Å². The van der Waals surface area contributed by atoms with E-state index in [1.165, 1.54) is 36.0 Å². The molecule has 4 rings (SSSR count). The number of benzene rings is 2. The number of fused-ring (bicyclic) bond motifs is 1.